The van der Waals surface area contributed by atoms with Gasteiger partial charge in [-0.1, -0.05) is 0 Å². The third-order valence-electron chi connectivity index (χ3n) is 2.48. The number of rotatable bonds is 5. The maximum Gasteiger partial charge on any atom is 0.318 e. The molecule has 108 valence electrons. The molecule has 0 aliphatic heterocycles. The number of amides is 2. The summed E-state index contributed by atoms with van der Waals surface area (Å²) in [5, 5.41) is 12.7. The number of nitrogens with one attached hydrogen (secondary N) is 1. The molecule has 0 saturated heterocycles. The summed E-state index contributed by atoms with van der Waals surface area (Å²) in [4.78, 5) is 14.9. The Labute approximate surface area is 126 Å². The molecule has 1 rings (SSSR count). The molecule has 2 N–H and O–H groups in total. The fourth-order valence-corrected chi connectivity index (χ4v) is 3.04. The number of nitrogens with zero attached hydrogens (tertiary/aromatic N) is 1. The first-order valence-electron chi connectivity index (χ1n) is 6.20. The third kappa shape index (κ3) is 5.93. The van der Waals surface area contributed by atoms with Gasteiger partial charge in [0.1, 0.15) is 0 Å². The van der Waals surface area contributed by atoms with Crippen molar-refractivity contribution < 1.29 is 9.90 Å². The van der Waals surface area contributed by atoms with Gasteiger partial charge in [0.2, 0.25) is 0 Å². The quantitative estimate of drug-likeness (QED) is 0.858. The lowest BCUT2D eigenvalue weighted by molar-refractivity contribution is 0.0387. The minimum Gasteiger partial charge on any atom is -0.389 e. The molecule has 0 bridgehead atoms. The van der Waals surface area contributed by atoms with Crippen LogP contribution in [0.1, 0.15) is 32.6 Å². The van der Waals surface area contributed by atoms with Crippen LogP contribution in [0.2, 0.25) is 0 Å². The second-order valence-corrected chi connectivity index (χ2v) is 7.95. The van der Waals surface area contributed by atoms with Crippen molar-refractivity contribution in [1.29, 1.82) is 0 Å². The van der Waals surface area contributed by atoms with Crippen LogP contribution in [0.15, 0.2) is 15.9 Å². The molecular formula is C13H21BrN2O2S. The summed E-state index contributed by atoms with van der Waals surface area (Å²) in [6.45, 7) is 8.09. The van der Waals surface area contributed by atoms with Crippen LogP contribution in [0.4, 0.5) is 4.79 Å². The van der Waals surface area contributed by atoms with Gasteiger partial charge in [-0.05, 0) is 55.8 Å². The number of urea groups is 1. The zero-order chi connectivity index (χ0) is 14.6. The van der Waals surface area contributed by atoms with Crippen LogP contribution in [-0.2, 0) is 6.54 Å². The Morgan fingerprint density at radius 3 is 2.58 bits per heavy atom. The topological polar surface area (TPSA) is 52.6 Å². The molecule has 4 nitrogen and oxygen atoms in total. The van der Waals surface area contributed by atoms with E-state index in [0.29, 0.717) is 13.1 Å². The van der Waals surface area contributed by atoms with Crippen LogP contribution >= 0.6 is 27.3 Å². The van der Waals surface area contributed by atoms with Crippen molar-refractivity contribution >= 4 is 33.3 Å². The van der Waals surface area contributed by atoms with Crippen molar-refractivity contribution in [1.82, 2.24) is 10.2 Å². The molecule has 0 fully saturated rings. The van der Waals surface area contributed by atoms with E-state index in [2.05, 4.69) is 21.2 Å². The Hall–Kier alpha value is -0.590. The minimum atomic E-state index is -0.895. The fraction of sp³-hybridized carbons (Fsp3) is 0.615. The molecule has 0 aliphatic rings. The number of halogens is 1. The van der Waals surface area contributed by atoms with Crippen molar-refractivity contribution in [3.05, 3.63) is 20.8 Å². The number of carbonyl (C=O) groups excluding carboxylic acids is 1. The zero-order valence-corrected chi connectivity index (χ0v) is 14.1. The van der Waals surface area contributed by atoms with Gasteiger partial charge in [0.05, 0.1) is 22.5 Å². The number of carbonyl (C=O) groups is 1. The Balaban J connectivity index is 2.57. The van der Waals surface area contributed by atoms with Gasteiger partial charge in [0.25, 0.3) is 0 Å². The standard InChI is InChI=1S/C13H21BrN2O2S/c1-9(2)16(8-13(3,4)18)12(17)15-7-10-5-6-11(14)19-10/h5-6,9,18H,7-8H2,1-4H3,(H,15,17). The molecule has 1 aromatic heterocycles. The Morgan fingerprint density at radius 2 is 2.16 bits per heavy atom. The van der Waals surface area contributed by atoms with Crippen molar-refractivity contribution in [3.63, 3.8) is 0 Å². The average Bonchev–Trinajstić information content (AvgIpc) is 2.67. The van der Waals surface area contributed by atoms with Crippen molar-refractivity contribution in [2.24, 2.45) is 0 Å². The summed E-state index contributed by atoms with van der Waals surface area (Å²) >= 11 is 4.99. The van der Waals surface area contributed by atoms with Gasteiger partial charge < -0.3 is 15.3 Å². The maximum absolute atomic E-state index is 12.1. The normalized spacial score (nSPS) is 11.7. The van der Waals surface area contributed by atoms with Crippen molar-refractivity contribution in [2.45, 2.75) is 45.9 Å². The van der Waals surface area contributed by atoms with Gasteiger partial charge in [0.15, 0.2) is 0 Å². The highest BCUT2D eigenvalue weighted by Crippen LogP contribution is 2.21. The number of hydrogen-bond donors (Lipinski definition) is 2. The molecule has 0 atom stereocenters. The van der Waals surface area contributed by atoms with Gasteiger partial charge in [0, 0.05) is 10.9 Å². The van der Waals surface area contributed by atoms with E-state index in [-0.39, 0.29) is 12.1 Å². The molecular weight excluding hydrogens is 328 g/mol. The zero-order valence-electron chi connectivity index (χ0n) is 11.7. The fourth-order valence-electron chi connectivity index (χ4n) is 1.62. The number of aliphatic hydroxyl groups is 1. The van der Waals surface area contributed by atoms with Crippen molar-refractivity contribution in [2.75, 3.05) is 6.54 Å². The second-order valence-electron chi connectivity index (χ2n) is 5.40. The van der Waals surface area contributed by atoms with Crippen LogP contribution < -0.4 is 5.32 Å². The monoisotopic (exact) mass is 348 g/mol. The summed E-state index contributed by atoms with van der Waals surface area (Å²) in [7, 11) is 0. The predicted molar refractivity (Wildman–Crippen MR) is 82.4 cm³/mol. The molecule has 6 heteroatoms. The van der Waals surface area contributed by atoms with E-state index in [0.717, 1.165) is 8.66 Å². The molecule has 0 radical (unpaired) electrons. The SMILES string of the molecule is CC(C)N(CC(C)(C)O)C(=O)NCc1ccc(Br)s1. The molecule has 0 saturated carbocycles. The van der Waals surface area contributed by atoms with Gasteiger partial charge in [-0.25, -0.2) is 4.79 Å². The average molecular weight is 349 g/mol. The first kappa shape index (κ1) is 16.5. The summed E-state index contributed by atoms with van der Waals surface area (Å²) in [5.74, 6) is 0. The molecule has 1 aromatic rings. The maximum atomic E-state index is 12.1. The Morgan fingerprint density at radius 1 is 1.53 bits per heavy atom. The van der Waals surface area contributed by atoms with Crippen LogP contribution in [0, 0.1) is 0 Å². The van der Waals surface area contributed by atoms with Gasteiger partial charge in [-0.3, -0.25) is 0 Å². The molecule has 0 spiro atoms. The molecule has 1 heterocycles. The highest BCUT2D eigenvalue weighted by molar-refractivity contribution is 9.11. The van der Waals surface area contributed by atoms with Gasteiger partial charge >= 0.3 is 6.03 Å². The van der Waals surface area contributed by atoms with E-state index >= 15 is 0 Å². The van der Waals surface area contributed by atoms with E-state index < -0.39 is 5.60 Å². The highest BCUT2D eigenvalue weighted by atomic mass is 79.9. The van der Waals surface area contributed by atoms with E-state index in [1.54, 1.807) is 30.1 Å². The Bertz CT molecular complexity index is 427. The van der Waals surface area contributed by atoms with Crippen LogP contribution in [0.5, 0.6) is 0 Å². The number of thiophene rings is 1. The first-order valence-corrected chi connectivity index (χ1v) is 7.81. The second kappa shape index (κ2) is 6.72. The summed E-state index contributed by atoms with van der Waals surface area (Å²) < 4.78 is 1.05. The van der Waals surface area contributed by atoms with E-state index in [4.69, 9.17) is 0 Å². The smallest absolute Gasteiger partial charge is 0.318 e. The number of hydrogen-bond acceptors (Lipinski definition) is 3. The first-order chi connectivity index (χ1) is 8.69. The summed E-state index contributed by atoms with van der Waals surface area (Å²) in [6.07, 6.45) is 0. The Kier molecular flexibility index (Phi) is 5.82. The summed E-state index contributed by atoms with van der Waals surface area (Å²) in [6, 6.07) is 3.83. The van der Waals surface area contributed by atoms with Gasteiger partial charge in [-0.15, -0.1) is 11.3 Å². The van der Waals surface area contributed by atoms with Crippen LogP contribution in [-0.4, -0.2) is 34.2 Å². The lowest BCUT2D eigenvalue weighted by Crippen LogP contribution is -2.49. The van der Waals surface area contributed by atoms with E-state index in [1.807, 2.05) is 26.0 Å². The minimum absolute atomic E-state index is 0.0431. The van der Waals surface area contributed by atoms with Crippen molar-refractivity contribution in [3.8, 4) is 0 Å². The lowest BCUT2D eigenvalue weighted by Gasteiger charge is -2.32. The van der Waals surface area contributed by atoms with E-state index in [9.17, 15) is 9.90 Å². The van der Waals surface area contributed by atoms with Gasteiger partial charge in [-0.2, -0.15) is 0 Å². The van der Waals surface area contributed by atoms with Crippen LogP contribution in [0.3, 0.4) is 0 Å². The molecule has 0 aliphatic carbocycles. The molecule has 2 amide bonds. The van der Waals surface area contributed by atoms with Crippen LogP contribution in [0.25, 0.3) is 0 Å². The third-order valence-corrected chi connectivity index (χ3v) is 4.11. The molecule has 0 unspecified atom stereocenters. The molecule has 0 aromatic carbocycles. The highest BCUT2D eigenvalue weighted by Gasteiger charge is 2.24. The lowest BCUT2D eigenvalue weighted by atomic mass is 10.1. The molecule has 19 heavy (non-hydrogen) atoms. The van der Waals surface area contributed by atoms with E-state index in [1.165, 1.54) is 0 Å². The predicted octanol–water partition coefficient (Wildman–Crippen LogP) is 3.20. The largest absolute Gasteiger partial charge is 0.389 e. The summed E-state index contributed by atoms with van der Waals surface area (Å²) in [5.41, 5.74) is -0.895.